The molecule has 0 aliphatic carbocycles. The molecule has 3 aromatic rings. The molecule has 2 aromatic carbocycles. The van der Waals surface area contributed by atoms with Crippen LogP contribution < -0.4 is 10.6 Å². The van der Waals surface area contributed by atoms with E-state index in [9.17, 15) is 18.4 Å². The molecule has 154 valence electrons. The molecule has 30 heavy (non-hydrogen) atoms. The first-order valence-corrected chi connectivity index (χ1v) is 10.1. The van der Waals surface area contributed by atoms with Gasteiger partial charge in [-0.15, -0.1) is 10.2 Å². The summed E-state index contributed by atoms with van der Waals surface area (Å²) >= 11 is 1.07. The number of para-hydroxylation sites is 1. The second kappa shape index (κ2) is 8.54. The van der Waals surface area contributed by atoms with Gasteiger partial charge in [-0.3, -0.25) is 4.79 Å². The van der Waals surface area contributed by atoms with Crippen LogP contribution in [0, 0.1) is 11.6 Å². The van der Waals surface area contributed by atoms with Gasteiger partial charge < -0.3 is 15.5 Å². The molecule has 1 aromatic heterocycles. The molecule has 1 atom stereocenters. The molecule has 3 amide bonds. The van der Waals surface area contributed by atoms with Crippen LogP contribution in [0.15, 0.2) is 48.5 Å². The summed E-state index contributed by atoms with van der Waals surface area (Å²) in [6.07, 6.45) is 1.41. The fraction of sp³-hybridized carbons (Fsp3) is 0.200. The van der Waals surface area contributed by atoms with E-state index < -0.39 is 23.6 Å². The average molecular weight is 429 g/mol. The summed E-state index contributed by atoms with van der Waals surface area (Å²) in [5, 5.41) is 13.8. The predicted molar refractivity (Wildman–Crippen MR) is 108 cm³/mol. The number of likely N-dealkylation sites (tertiary alicyclic amines) is 1. The van der Waals surface area contributed by atoms with E-state index in [1.54, 1.807) is 23.1 Å². The maximum absolute atomic E-state index is 13.8. The van der Waals surface area contributed by atoms with Crippen molar-refractivity contribution in [2.45, 2.75) is 18.9 Å². The van der Waals surface area contributed by atoms with E-state index >= 15 is 0 Å². The number of hydrogen-bond donors (Lipinski definition) is 2. The molecule has 0 spiro atoms. The van der Waals surface area contributed by atoms with Crippen molar-refractivity contribution in [1.29, 1.82) is 0 Å². The topological polar surface area (TPSA) is 87.2 Å². The standard InChI is InChI=1S/C20H17F2N5O2S/c21-12-5-3-6-13(11-12)23-17(28)19-26-25-18(30-19)16-9-4-10-27(16)20(29)24-15-8-2-1-7-14(15)22/h1-3,5-8,11,16H,4,9-10H2,(H,23,28)(H,24,29). The second-order valence-corrected chi connectivity index (χ2v) is 7.68. The summed E-state index contributed by atoms with van der Waals surface area (Å²) in [6.45, 7) is 0.482. The van der Waals surface area contributed by atoms with Crippen molar-refractivity contribution >= 4 is 34.6 Å². The highest BCUT2D eigenvalue weighted by atomic mass is 32.1. The van der Waals surface area contributed by atoms with Gasteiger partial charge in [0.1, 0.15) is 16.6 Å². The van der Waals surface area contributed by atoms with Crippen molar-refractivity contribution < 1.29 is 18.4 Å². The van der Waals surface area contributed by atoms with Crippen LogP contribution in [0.3, 0.4) is 0 Å². The molecule has 10 heteroatoms. The lowest BCUT2D eigenvalue weighted by Crippen LogP contribution is -2.34. The van der Waals surface area contributed by atoms with Gasteiger partial charge in [-0.25, -0.2) is 13.6 Å². The first-order chi connectivity index (χ1) is 14.5. The predicted octanol–water partition coefficient (Wildman–Crippen LogP) is 4.44. The van der Waals surface area contributed by atoms with Gasteiger partial charge in [-0.2, -0.15) is 0 Å². The number of hydrogen-bond acceptors (Lipinski definition) is 5. The SMILES string of the molecule is O=C(Nc1cccc(F)c1)c1nnc(C2CCCN2C(=O)Nc2ccccc2F)s1. The Bertz CT molecular complexity index is 1090. The van der Waals surface area contributed by atoms with Gasteiger partial charge in [-0.05, 0) is 43.2 Å². The van der Waals surface area contributed by atoms with Gasteiger partial charge in [0, 0.05) is 12.2 Å². The van der Waals surface area contributed by atoms with E-state index in [1.165, 1.54) is 30.3 Å². The number of nitrogens with zero attached hydrogens (tertiary/aromatic N) is 3. The number of anilines is 2. The summed E-state index contributed by atoms with van der Waals surface area (Å²) < 4.78 is 27.1. The lowest BCUT2D eigenvalue weighted by atomic mass is 10.2. The third-order valence-electron chi connectivity index (χ3n) is 4.63. The Labute approximate surface area is 174 Å². The summed E-state index contributed by atoms with van der Waals surface area (Å²) in [4.78, 5) is 26.6. The number of nitrogens with one attached hydrogen (secondary N) is 2. The van der Waals surface area contributed by atoms with Crippen LogP contribution in [0.2, 0.25) is 0 Å². The maximum atomic E-state index is 13.8. The summed E-state index contributed by atoms with van der Waals surface area (Å²) in [6, 6.07) is 10.7. The Morgan fingerprint density at radius 2 is 1.90 bits per heavy atom. The molecular weight excluding hydrogens is 412 g/mol. The number of halogens is 2. The summed E-state index contributed by atoms with van der Waals surface area (Å²) in [5.41, 5.74) is 0.407. The largest absolute Gasteiger partial charge is 0.322 e. The number of aromatic nitrogens is 2. The van der Waals surface area contributed by atoms with E-state index in [1.807, 2.05) is 0 Å². The van der Waals surface area contributed by atoms with E-state index in [-0.39, 0.29) is 16.7 Å². The van der Waals surface area contributed by atoms with Crippen molar-refractivity contribution in [3.8, 4) is 0 Å². The van der Waals surface area contributed by atoms with Crippen LogP contribution in [-0.4, -0.2) is 33.6 Å². The molecule has 7 nitrogen and oxygen atoms in total. The highest BCUT2D eigenvalue weighted by Crippen LogP contribution is 2.34. The zero-order valence-electron chi connectivity index (χ0n) is 15.6. The summed E-state index contributed by atoms with van der Waals surface area (Å²) in [5.74, 6) is -1.49. The van der Waals surface area contributed by atoms with Crippen LogP contribution in [-0.2, 0) is 0 Å². The number of amides is 3. The number of benzene rings is 2. The third-order valence-corrected chi connectivity index (χ3v) is 5.65. The highest BCUT2D eigenvalue weighted by Gasteiger charge is 2.33. The number of rotatable bonds is 4. The molecule has 1 fully saturated rings. The zero-order chi connectivity index (χ0) is 21.1. The van der Waals surface area contributed by atoms with Gasteiger partial charge in [0.25, 0.3) is 5.91 Å². The Balaban J connectivity index is 1.46. The molecule has 0 bridgehead atoms. The van der Waals surface area contributed by atoms with E-state index in [2.05, 4.69) is 20.8 Å². The molecule has 2 N–H and O–H groups in total. The van der Waals surface area contributed by atoms with Crippen LogP contribution in [0.4, 0.5) is 25.0 Å². The van der Waals surface area contributed by atoms with Crippen molar-refractivity contribution in [2.75, 3.05) is 17.2 Å². The van der Waals surface area contributed by atoms with Gasteiger partial charge in [0.2, 0.25) is 5.01 Å². The molecule has 1 unspecified atom stereocenters. The fourth-order valence-electron chi connectivity index (χ4n) is 3.23. The Morgan fingerprint density at radius 3 is 2.70 bits per heavy atom. The lowest BCUT2D eigenvalue weighted by Gasteiger charge is -2.23. The van der Waals surface area contributed by atoms with Crippen molar-refractivity contribution in [2.24, 2.45) is 0 Å². The first-order valence-electron chi connectivity index (χ1n) is 9.24. The van der Waals surface area contributed by atoms with E-state index in [0.717, 1.165) is 17.8 Å². The maximum Gasteiger partial charge on any atom is 0.322 e. The Kier molecular flexibility index (Phi) is 5.66. The molecule has 2 heterocycles. The normalized spacial score (nSPS) is 15.8. The fourth-order valence-corrected chi connectivity index (χ4v) is 4.11. The van der Waals surface area contributed by atoms with Gasteiger partial charge in [-0.1, -0.05) is 29.5 Å². The second-order valence-electron chi connectivity index (χ2n) is 6.67. The van der Waals surface area contributed by atoms with Gasteiger partial charge >= 0.3 is 6.03 Å². The first kappa shape index (κ1) is 19.9. The number of carbonyl (C=O) groups excluding carboxylic acids is 2. The molecule has 1 saturated heterocycles. The van der Waals surface area contributed by atoms with Crippen molar-refractivity contribution in [3.63, 3.8) is 0 Å². The zero-order valence-corrected chi connectivity index (χ0v) is 16.5. The molecular formula is C20H17F2N5O2S. The quantitative estimate of drug-likeness (QED) is 0.642. The molecule has 4 rings (SSSR count). The van der Waals surface area contributed by atoms with Crippen molar-refractivity contribution in [1.82, 2.24) is 15.1 Å². The van der Waals surface area contributed by atoms with Crippen LogP contribution in [0.1, 0.15) is 33.7 Å². The average Bonchev–Trinajstić information content (AvgIpc) is 3.39. The lowest BCUT2D eigenvalue weighted by molar-refractivity contribution is 0.102. The smallest absolute Gasteiger partial charge is 0.320 e. The van der Waals surface area contributed by atoms with Gasteiger partial charge in [0.05, 0.1) is 11.7 Å². The minimum atomic E-state index is -0.520. The van der Waals surface area contributed by atoms with Crippen LogP contribution in [0.5, 0.6) is 0 Å². The van der Waals surface area contributed by atoms with Crippen LogP contribution >= 0.6 is 11.3 Å². The minimum Gasteiger partial charge on any atom is -0.320 e. The Morgan fingerprint density at radius 1 is 1.07 bits per heavy atom. The van der Waals surface area contributed by atoms with E-state index in [4.69, 9.17) is 0 Å². The third kappa shape index (κ3) is 4.28. The number of carbonyl (C=O) groups is 2. The summed E-state index contributed by atoms with van der Waals surface area (Å²) in [7, 11) is 0. The van der Waals surface area contributed by atoms with Gasteiger partial charge in [0.15, 0.2) is 0 Å². The molecule has 1 aliphatic heterocycles. The minimum absolute atomic E-state index is 0.0978. The molecule has 0 radical (unpaired) electrons. The van der Waals surface area contributed by atoms with Crippen LogP contribution in [0.25, 0.3) is 0 Å². The molecule has 1 aliphatic rings. The number of urea groups is 1. The monoisotopic (exact) mass is 429 g/mol. The van der Waals surface area contributed by atoms with Crippen molar-refractivity contribution in [3.05, 3.63) is 70.2 Å². The van der Waals surface area contributed by atoms with E-state index in [0.29, 0.717) is 23.7 Å². The highest BCUT2D eigenvalue weighted by molar-refractivity contribution is 7.13. The Hall–Kier alpha value is -3.40. The molecule has 0 saturated carbocycles.